The number of aromatic nitrogens is 2. The van der Waals surface area contributed by atoms with Gasteiger partial charge in [0.15, 0.2) is 0 Å². The minimum absolute atomic E-state index is 0.0493. The van der Waals surface area contributed by atoms with Crippen LogP contribution in [0.2, 0.25) is 0 Å². The van der Waals surface area contributed by atoms with Crippen molar-refractivity contribution in [1.29, 1.82) is 0 Å². The van der Waals surface area contributed by atoms with Crippen molar-refractivity contribution < 1.29 is 9.53 Å². The van der Waals surface area contributed by atoms with Crippen LogP contribution in [0.15, 0.2) is 30.6 Å². The van der Waals surface area contributed by atoms with Crippen molar-refractivity contribution in [3.05, 3.63) is 53.0 Å². The molecule has 27 heavy (non-hydrogen) atoms. The van der Waals surface area contributed by atoms with Gasteiger partial charge in [0, 0.05) is 36.5 Å². The van der Waals surface area contributed by atoms with E-state index in [1.165, 1.54) is 24.1 Å². The van der Waals surface area contributed by atoms with E-state index in [0.717, 1.165) is 43.7 Å². The molecular weight excluding hydrogens is 340 g/mol. The first-order chi connectivity index (χ1) is 13.3. The molecule has 1 aliphatic heterocycles. The number of amides is 1. The van der Waals surface area contributed by atoms with Gasteiger partial charge in [-0.05, 0) is 56.2 Å². The zero-order valence-electron chi connectivity index (χ0n) is 15.5. The highest BCUT2D eigenvalue weighted by Gasteiger charge is 2.17. The van der Waals surface area contributed by atoms with E-state index in [-0.39, 0.29) is 12.0 Å². The van der Waals surface area contributed by atoms with Crippen LogP contribution in [-0.4, -0.2) is 35.1 Å². The van der Waals surface area contributed by atoms with Crippen molar-refractivity contribution in [3.8, 4) is 0 Å². The Labute approximate surface area is 159 Å². The predicted molar refractivity (Wildman–Crippen MR) is 104 cm³/mol. The molecule has 4 rings (SSSR count). The Kier molecular flexibility index (Phi) is 5.63. The zero-order valence-corrected chi connectivity index (χ0v) is 15.5. The Morgan fingerprint density at radius 3 is 3.00 bits per heavy atom. The maximum absolute atomic E-state index is 12.4. The number of nitrogens with zero attached hydrogens (tertiary/aromatic N) is 2. The molecular formula is C21H26N4O2. The van der Waals surface area contributed by atoms with E-state index >= 15 is 0 Å². The van der Waals surface area contributed by atoms with Crippen molar-refractivity contribution in [3.63, 3.8) is 0 Å². The first-order valence-corrected chi connectivity index (χ1v) is 9.85. The van der Waals surface area contributed by atoms with E-state index < -0.39 is 0 Å². The van der Waals surface area contributed by atoms with Crippen LogP contribution < -0.4 is 10.6 Å². The molecule has 1 atom stereocenters. The highest BCUT2D eigenvalue weighted by atomic mass is 16.5. The lowest BCUT2D eigenvalue weighted by Gasteiger charge is -2.18. The second-order valence-corrected chi connectivity index (χ2v) is 7.25. The standard InChI is InChI=1S/C21H26N4O2/c26-21(23-13-17-7-4-10-27-17)16-6-3-5-15(11-16)12-22-20-18-8-1-2-9-19(18)24-14-25-20/h3,5-6,11,14,17H,1-2,4,7-10,12-13H2,(H,23,26)(H,22,24,25). The molecule has 1 fully saturated rings. The molecule has 6 heteroatoms. The van der Waals surface area contributed by atoms with E-state index in [4.69, 9.17) is 4.74 Å². The Balaban J connectivity index is 1.37. The van der Waals surface area contributed by atoms with Crippen LogP contribution in [0.5, 0.6) is 0 Å². The van der Waals surface area contributed by atoms with Crippen molar-refractivity contribution in [2.75, 3.05) is 18.5 Å². The van der Waals surface area contributed by atoms with Gasteiger partial charge in [-0.15, -0.1) is 0 Å². The number of hydrogen-bond acceptors (Lipinski definition) is 5. The second kappa shape index (κ2) is 8.48. The third-order valence-electron chi connectivity index (χ3n) is 5.29. The van der Waals surface area contributed by atoms with E-state index in [9.17, 15) is 4.79 Å². The van der Waals surface area contributed by atoms with E-state index in [1.54, 1.807) is 6.33 Å². The van der Waals surface area contributed by atoms with Crippen LogP contribution in [0.1, 0.15) is 52.9 Å². The summed E-state index contributed by atoms with van der Waals surface area (Å²) in [5, 5.41) is 6.41. The maximum atomic E-state index is 12.4. The monoisotopic (exact) mass is 366 g/mol. The lowest BCUT2D eigenvalue weighted by Crippen LogP contribution is -2.31. The van der Waals surface area contributed by atoms with Crippen LogP contribution in [-0.2, 0) is 24.1 Å². The van der Waals surface area contributed by atoms with Gasteiger partial charge in [0.25, 0.3) is 5.91 Å². The summed E-state index contributed by atoms with van der Waals surface area (Å²) in [6, 6.07) is 7.73. The van der Waals surface area contributed by atoms with Gasteiger partial charge >= 0.3 is 0 Å². The van der Waals surface area contributed by atoms with E-state index in [0.29, 0.717) is 18.7 Å². The van der Waals surface area contributed by atoms with Gasteiger partial charge in [-0.25, -0.2) is 9.97 Å². The third-order valence-corrected chi connectivity index (χ3v) is 5.29. The third kappa shape index (κ3) is 4.45. The summed E-state index contributed by atoms with van der Waals surface area (Å²) in [4.78, 5) is 21.2. The molecule has 2 N–H and O–H groups in total. The van der Waals surface area contributed by atoms with Gasteiger partial charge in [0.1, 0.15) is 12.1 Å². The molecule has 1 saturated heterocycles. The fourth-order valence-electron chi connectivity index (χ4n) is 3.80. The molecule has 0 bridgehead atoms. The minimum Gasteiger partial charge on any atom is -0.376 e. The average Bonchev–Trinajstić information content (AvgIpc) is 3.24. The van der Waals surface area contributed by atoms with Crippen LogP contribution in [0.4, 0.5) is 5.82 Å². The summed E-state index contributed by atoms with van der Waals surface area (Å²) in [7, 11) is 0. The van der Waals surface area contributed by atoms with Gasteiger partial charge in [-0.3, -0.25) is 4.79 Å². The number of aryl methyl sites for hydroxylation is 1. The number of benzene rings is 1. The number of fused-ring (bicyclic) bond motifs is 1. The first kappa shape index (κ1) is 17.9. The summed E-state index contributed by atoms with van der Waals surface area (Å²) >= 11 is 0. The van der Waals surface area contributed by atoms with Crippen molar-refractivity contribution in [1.82, 2.24) is 15.3 Å². The molecule has 0 radical (unpaired) electrons. The van der Waals surface area contributed by atoms with Crippen molar-refractivity contribution in [2.24, 2.45) is 0 Å². The Morgan fingerprint density at radius 1 is 1.19 bits per heavy atom. The predicted octanol–water partition coefficient (Wildman–Crippen LogP) is 2.88. The number of nitrogens with one attached hydrogen (secondary N) is 2. The molecule has 1 amide bonds. The first-order valence-electron chi connectivity index (χ1n) is 9.85. The van der Waals surface area contributed by atoms with Crippen LogP contribution >= 0.6 is 0 Å². The van der Waals surface area contributed by atoms with Crippen LogP contribution in [0.3, 0.4) is 0 Å². The molecule has 1 unspecified atom stereocenters. The fourth-order valence-corrected chi connectivity index (χ4v) is 3.80. The highest BCUT2D eigenvalue weighted by Crippen LogP contribution is 2.24. The summed E-state index contributed by atoms with van der Waals surface area (Å²) in [5.41, 5.74) is 4.15. The second-order valence-electron chi connectivity index (χ2n) is 7.25. The maximum Gasteiger partial charge on any atom is 0.251 e. The number of hydrogen-bond donors (Lipinski definition) is 2. The van der Waals surface area contributed by atoms with Gasteiger partial charge < -0.3 is 15.4 Å². The Bertz CT molecular complexity index is 803. The summed E-state index contributed by atoms with van der Waals surface area (Å²) < 4.78 is 5.56. The zero-order chi connectivity index (χ0) is 18.5. The molecule has 1 aliphatic carbocycles. The highest BCUT2D eigenvalue weighted by molar-refractivity contribution is 5.94. The van der Waals surface area contributed by atoms with Crippen LogP contribution in [0, 0.1) is 0 Å². The number of rotatable bonds is 6. The normalized spacial score (nSPS) is 18.7. The van der Waals surface area contributed by atoms with E-state index in [1.807, 2.05) is 24.3 Å². The van der Waals surface area contributed by atoms with Crippen molar-refractivity contribution >= 4 is 11.7 Å². The number of ether oxygens (including phenoxy) is 1. The average molecular weight is 366 g/mol. The fraction of sp³-hybridized carbons (Fsp3) is 0.476. The lowest BCUT2D eigenvalue weighted by atomic mass is 9.96. The van der Waals surface area contributed by atoms with Crippen LogP contribution in [0.25, 0.3) is 0 Å². The van der Waals surface area contributed by atoms with E-state index in [2.05, 4.69) is 20.6 Å². The lowest BCUT2D eigenvalue weighted by molar-refractivity contribution is 0.0857. The SMILES string of the molecule is O=C(NCC1CCCO1)c1cccc(CNc2ncnc3c2CCCC3)c1. The number of carbonyl (C=O) groups excluding carboxylic acids is 1. The summed E-state index contributed by atoms with van der Waals surface area (Å²) in [6.07, 6.45) is 8.35. The van der Waals surface area contributed by atoms with Gasteiger partial charge in [-0.2, -0.15) is 0 Å². The Morgan fingerprint density at radius 2 is 2.11 bits per heavy atom. The molecule has 2 heterocycles. The molecule has 6 nitrogen and oxygen atoms in total. The smallest absolute Gasteiger partial charge is 0.251 e. The number of anilines is 1. The topological polar surface area (TPSA) is 76.1 Å². The molecule has 142 valence electrons. The van der Waals surface area contributed by atoms with Gasteiger partial charge in [0.05, 0.1) is 6.10 Å². The largest absolute Gasteiger partial charge is 0.376 e. The molecule has 0 spiro atoms. The minimum atomic E-state index is -0.0493. The van der Waals surface area contributed by atoms with Crippen molar-refractivity contribution in [2.45, 2.75) is 51.2 Å². The summed E-state index contributed by atoms with van der Waals surface area (Å²) in [5.74, 6) is 0.875. The Hall–Kier alpha value is -2.47. The summed E-state index contributed by atoms with van der Waals surface area (Å²) in [6.45, 7) is 2.01. The molecule has 1 aromatic carbocycles. The molecule has 2 aromatic rings. The number of carbonyl (C=O) groups is 1. The molecule has 1 aromatic heterocycles. The molecule has 0 saturated carbocycles. The van der Waals surface area contributed by atoms with Gasteiger partial charge in [0.2, 0.25) is 0 Å². The van der Waals surface area contributed by atoms with Gasteiger partial charge in [-0.1, -0.05) is 12.1 Å². The molecule has 2 aliphatic rings. The quantitative estimate of drug-likeness (QED) is 0.822.